The Labute approximate surface area is 170 Å². The largest absolute Gasteiger partial charge is 0.440 e. The summed E-state index contributed by atoms with van der Waals surface area (Å²) in [5.74, 6) is 0.737. The number of carbonyl (C=O) groups excluding carboxylic acids is 1. The molecule has 0 aliphatic carbocycles. The van der Waals surface area contributed by atoms with Crippen molar-refractivity contribution in [3.63, 3.8) is 0 Å². The molecule has 1 aromatic heterocycles. The maximum atomic E-state index is 12.9. The molecule has 152 valence electrons. The number of rotatable bonds is 4. The number of piperidine rings is 1. The standard InChI is InChI=1S/C21H23N3O4S/c1-23(2)29(26,27)17-7-5-6-16(14-17)21(25)24-12-10-15(11-13-24)20-22-18-8-3-4-9-19(18)28-20/h3-9,14-15H,10-13H2,1-2H3. The second-order valence-corrected chi connectivity index (χ2v) is 9.55. The number of aromatic nitrogens is 1. The van der Waals surface area contributed by atoms with Crippen LogP contribution in [0.15, 0.2) is 57.8 Å². The van der Waals surface area contributed by atoms with Crippen molar-refractivity contribution in [1.29, 1.82) is 0 Å². The zero-order valence-electron chi connectivity index (χ0n) is 16.4. The van der Waals surface area contributed by atoms with E-state index in [2.05, 4.69) is 4.98 Å². The van der Waals surface area contributed by atoms with Crippen LogP contribution in [0.3, 0.4) is 0 Å². The fourth-order valence-corrected chi connectivity index (χ4v) is 4.53. The maximum Gasteiger partial charge on any atom is 0.253 e. The van der Waals surface area contributed by atoms with E-state index >= 15 is 0 Å². The van der Waals surface area contributed by atoms with Crippen molar-refractivity contribution in [3.8, 4) is 0 Å². The monoisotopic (exact) mass is 413 g/mol. The molecule has 2 heterocycles. The SMILES string of the molecule is CN(C)S(=O)(=O)c1cccc(C(=O)N2CCC(c3nc4ccccc4o3)CC2)c1. The first-order valence-corrected chi connectivity index (χ1v) is 11.0. The topological polar surface area (TPSA) is 83.7 Å². The van der Waals surface area contributed by atoms with Crippen LogP contribution in [0.25, 0.3) is 11.1 Å². The molecule has 8 heteroatoms. The Morgan fingerprint density at radius 3 is 2.52 bits per heavy atom. The van der Waals surface area contributed by atoms with Crippen LogP contribution in [-0.4, -0.2) is 55.7 Å². The second kappa shape index (κ2) is 7.61. The van der Waals surface area contributed by atoms with Crippen molar-refractivity contribution in [2.75, 3.05) is 27.2 Å². The van der Waals surface area contributed by atoms with Crippen molar-refractivity contribution >= 4 is 27.0 Å². The van der Waals surface area contributed by atoms with Crippen LogP contribution in [-0.2, 0) is 10.0 Å². The van der Waals surface area contributed by atoms with E-state index in [4.69, 9.17) is 4.42 Å². The second-order valence-electron chi connectivity index (χ2n) is 7.40. The van der Waals surface area contributed by atoms with Crippen molar-refractivity contribution < 1.29 is 17.6 Å². The molecule has 1 fully saturated rings. The summed E-state index contributed by atoms with van der Waals surface area (Å²) in [6.45, 7) is 1.15. The molecule has 3 aromatic rings. The van der Waals surface area contributed by atoms with Crippen LogP contribution in [0, 0.1) is 0 Å². The van der Waals surface area contributed by atoms with E-state index in [0.717, 1.165) is 34.1 Å². The maximum absolute atomic E-state index is 12.9. The van der Waals surface area contributed by atoms with Gasteiger partial charge in [-0.05, 0) is 43.2 Å². The molecule has 7 nitrogen and oxygen atoms in total. The summed E-state index contributed by atoms with van der Waals surface area (Å²) in [5, 5.41) is 0. The smallest absolute Gasteiger partial charge is 0.253 e. The number of oxazole rings is 1. The van der Waals surface area contributed by atoms with Gasteiger partial charge in [-0.15, -0.1) is 0 Å². The molecule has 1 amide bonds. The highest BCUT2D eigenvalue weighted by molar-refractivity contribution is 7.89. The van der Waals surface area contributed by atoms with E-state index in [1.54, 1.807) is 17.0 Å². The Balaban J connectivity index is 1.47. The number of sulfonamides is 1. The van der Waals surface area contributed by atoms with E-state index < -0.39 is 10.0 Å². The van der Waals surface area contributed by atoms with Crippen LogP contribution in [0.5, 0.6) is 0 Å². The fraction of sp³-hybridized carbons (Fsp3) is 0.333. The highest BCUT2D eigenvalue weighted by Gasteiger charge is 2.28. The summed E-state index contributed by atoms with van der Waals surface area (Å²) in [6.07, 6.45) is 1.52. The Hall–Kier alpha value is -2.71. The van der Waals surface area contributed by atoms with Crippen LogP contribution >= 0.6 is 0 Å². The van der Waals surface area contributed by atoms with Gasteiger partial charge >= 0.3 is 0 Å². The summed E-state index contributed by atoms with van der Waals surface area (Å²) >= 11 is 0. The molecule has 1 saturated heterocycles. The van der Waals surface area contributed by atoms with Gasteiger partial charge in [-0.3, -0.25) is 4.79 Å². The third kappa shape index (κ3) is 3.77. The number of carbonyl (C=O) groups is 1. The van der Waals surface area contributed by atoms with Gasteiger partial charge in [0.15, 0.2) is 11.5 Å². The van der Waals surface area contributed by atoms with Gasteiger partial charge in [-0.2, -0.15) is 0 Å². The lowest BCUT2D eigenvalue weighted by atomic mass is 9.96. The molecule has 0 bridgehead atoms. The van der Waals surface area contributed by atoms with Gasteiger partial charge in [0.25, 0.3) is 5.91 Å². The number of benzene rings is 2. The normalized spacial score (nSPS) is 15.9. The quantitative estimate of drug-likeness (QED) is 0.656. The van der Waals surface area contributed by atoms with E-state index in [1.165, 1.54) is 26.2 Å². The lowest BCUT2D eigenvalue weighted by Gasteiger charge is -2.30. The molecule has 0 atom stereocenters. The third-order valence-electron chi connectivity index (χ3n) is 5.30. The van der Waals surface area contributed by atoms with Gasteiger partial charge in [0.2, 0.25) is 10.0 Å². The third-order valence-corrected chi connectivity index (χ3v) is 7.11. The summed E-state index contributed by atoms with van der Waals surface area (Å²) in [5.41, 5.74) is 2.01. The summed E-state index contributed by atoms with van der Waals surface area (Å²) in [6, 6.07) is 13.9. The highest BCUT2D eigenvalue weighted by atomic mass is 32.2. The fourth-order valence-electron chi connectivity index (χ4n) is 3.58. The number of hydrogen-bond acceptors (Lipinski definition) is 5. The number of nitrogens with zero attached hydrogens (tertiary/aromatic N) is 3. The summed E-state index contributed by atoms with van der Waals surface area (Å²) in [4.78, 5) is 19.4. The summed E-state index contributed by atoms with van der Waals surface area (Å²) < 4.78 is 31.7. The van der Waals surface area contributed by atoms with Crippen LogP contribution in [0.4, 0.5) is 0 Å². The molecule has 1 aliphatic rings. The first-order chi connectivity index (χ1) is 13.9. The molecule has 0 spiro atoms. The predicted octanol–water partition coefficient (Wildman–Crippen LogP) is 3.10. The van der Waals surface area contributed by atoms with Gasteiger partial charge < -0.3 is 9.32 Å². The Kier molecular flexibility index (Phi) is 5.14. The van der Waals surface area contributed by atoms with Crippen molar-refractivity contribution in [1.82, 2.24) is 14.2 Å². The molecular weight excluding hydrogens is 390 g/mol. The number of amides is 1. The molecule has 4 rings (SSSR count). The van der Waals surface area contributed by atoms with Crippen molar-refractivity contribution in [2.24, 2.45) is 0 Å². The Bertz CT molecular complexity index is 1110. The molecule has 29 heavy (non-hydrogen) atoms. The van der Waals surface area contributed by atoms with E-state index in [9.17, 15) is 13.2 Å². The minimum atomic E-state index is -3.58. The van der Waals surface area contributed by atoms with Gasteiger partial charge in [0.05, 0.1) is 4.90 Å². The minimum absolute atomic E-state index is 0.120. The number of hydrogen-bond donors (Lipinski definition) is 0. The number of likely N-dealkylation sites (tertiary alicyclic amines) is 1. The number of fused-ring (bicyclic) bond motifs is 1. The van der Waals surface area contributed by atoms with E-state index in [0.29, 0.717) is 18.7 Å². The Morgan fingerprint density at radius 1 is 1.10 bits per heavy atom. The lowest BCUT2D eigenvalue weighted by molar-refractivity contribution is 0.0706. The molecule has 0 unspecified atom stereocenters. The molecule has 1 aliphatic heterocycles. The van der Waals surface area contributed by atoms with E-state index in [-0.39, 0.29) is 16.7 Å². The molecule has 0 saturated carbocycles. The van der Waals surface area contributed by atoms with Crippen molar-refractivity contribution in [2.45, 2.75) is 23.7 Å². The molecular formula is C21H23N3O4S. The van der Waals surface area contributed by atoms with E-state index in [1.807, 2.05) is 24.3 Å². The van der Waals surface area contributed by atoms with Gasteiger partial charge in [-0.25, -0.2) is 17.7 Å². The average molecular weight is 413 g/mol. The van der Waals surface area contributed by atoms with Crippen LogP contribution < -0.4 is 0 Å². The Morgan fingerprint density at radius 2 is 1.83 bits per heavy atom. The van der Waals surface area contributed by atoms with Crippen molar-refractivity contribution in [3.05, 3.63) is 60.0 Å². The van der Waals surface area contributed by atoms with Gasteiger partial charge in [0.1, 0.15) is 5.52 Å². The molecule has 2 aromatic carbocycles. The predicted molar refractivity (Wildman–Crippen MR) is 109 cm³/mol. The first kappa shape index (κ1) is 19.6. The lowest BCUT2D eigenvalue weighted by Crippen LogP contribution is -2.38. The zero-order chi connectivity index (χ0) is 20.6. The van der Waals surface area contributed by atoms with Crippen LogP contribution in [0.2, 0.25) is 0 Å². The average Bonchev–Trinajstić information content (AvgIpc) is 3.17. The number of para-hydroxylation sites is 2. The molecule has 0 radical (unpaired) electrons. The highest BCUT2D eigenvalue weighted by Crippen LogP contribution is 2.30. The minimum Gasteiger partial charge on any atom is -0.440 e. The molecule has 0 N–H and O–H groups in total. The van der Waals surface area contributed by atoms with Crippen LogP contribution in [0.1, 0.15) is 35.0 Å². The summed E-state index contributed by atoms with van der Waals surface area (Å²) in [7, 11) is -0.634. The zero-order valence-corrected chi connectivity index (χ0v) is 17.2. The van der Waals surface area contributed by atoms with Gasteiger partial charge in [0, 0.05) is 38.7 Å². The first-order valence-electron chi connectivity index (χ1n) is 9.53. The van der Waals surface area contributed by atoms with Gasteiger partial charge in [-0.1, -0.05) is 18.2 Å².